The summed E-state index contributed by atoms with van der Waals surface area (Å²) in [7, 11) is -1.16. The van der Waals surface area contributed by atoms with Crippen LogP contribution in [0.4, 0.5) is 10.5 Å². The summed E-state index contributed by atoms with van der Waals surface area (Å²) < 4.78 is 7.85. The second kappa shape index (κ2) is 15.0. The van der Waals surface area contributed by atoms with Gasteiger partial charge < -0.3 is 20.3 Å². The molecule has 3 aromatic carbocycles. The number of pyridine rings is 1. The summed E-state index contributed by atoms with van der Waals surface area (Å²) in [4.78, 5) is 35.8. The van der Waals surface area contributed by atoms with Crippen LogP contribution in [0.3, 0.4) is 0 Å². The number of hydrogen-bond donors (Lipinski definition) is 2. The zero-order chi connectivity index (χ0) is 35.5. The van der Waals surface area contributed by atoms with E-state index in [-0.39, 0.29) is 24.0 Å². The van der Waals surface area contributed by atoms with E-state index < -0.39 is 8.07 Å². The van der Waals surface area contributed by atoms with Gasteiger partial charge in [0, 0.05) is 63.0 Å². The highest BCUT2D eigenvalue weighted by Crippen LogP contribution is 2.28. The average molecular weight is 704 g/mol. The highest BCUT2D eigenvalue weighted by Gasteiger charge is 2.32. The van der Waals surface area contributed by atoms with E-state index in [1.807, 2.05) is 52.0 Å². The number of hydrogen-bond acceptors (Lipinski definition) is 6. The Morgan fingerprint density at radius 1 is 1.02 bits per heavy atom. The Morgan fingerprint density at radius 2 is 1.80 bits per heavy atom. The van der Waals surface area contributed by atoms with Crippen molar-refractivity contribution in [1.82, 2.24) is 29.9 Å². The van der Waals surface area contributed by atoms with Crippen molar-refractivity contribution in [1.29, 1.82) is 0 Å². The molecular formula is C40H49N7O3Si. The van der Waals surface area contributed by atoms with Crippen molar-refractivity contribution in [2.24, 2.45) is 0 Å². The number of amides is 3. The summed E-state index contributed by atoms with van der Waals surface area (Å²) in [5, 5.41) is 13.3. The molecule has 0 radical (unpaired) electrons. The molecule has 10 nitrogen and oxygen atoms in total. The molecule has 2 aliphatic heterocycles. The zero-order valence-electron chi connectivity index (χ0n) is 30.2. The van der Waals surface area contributed by atoms with Gasteiger partial charge in [-0.1, -0.05) is 68.2 Å². The van der Waals surface area contributed by atoms with E-state index in [0.717, 1.165) is 88.5 Å². The Bertz CT molecular complexity index is 2030. The number of para-hydroxylation sites is 2. The smallest absolute Gasteiger partial charge is 0.322 e. The number of piperidine rings is 1. The molecule has 2 N–H and O–H groups in total. The van der Waals surface area contributed by atoms with Gasteiger partial charge in [0.1, 0.15) is 6.73 Å². The van der Waals surface area contributed by atoms with Crippen molar-refractivity contribution in [2.75, 3.05) is 31.6 Å². The first-order valence-electron chi connectivity index (χ1n) is 18.2. The van der Waals surface area contributed by atoms with Crippen LogP contribution in [-0.2, 0) is 29.2 Å². The third-order valence-corrected chi connectivity index (χ3v) is 11.8. The Morgan fingerprint density at radius 3 is 2.63 bits per heavy atom. The van der Waals surface area contributed by atoms with Crippen LogP contribution in [0.5, 0.6) is 0 Å². The van der Waals surface area contributed by atoms with Gasteiger partial charge in [-0.3, -0.25) is 14.7 Å². The molecule has 266 valence electrons. The van der Waals surface area contributed by atoms with Gasteiger partial charge in [0.25, 0.3) is 0 Å². The largest absolute Gasteiger partial charge is 0.360 e. The van der Waals surface area contributed by atoms with E-state index in [1.54, 1.807) is 0 Å². The second-order valence-corrected chi connectivity index (χ2v) is 21.0. The van der Waals surface area contributed by atoms with Crippen molar-refractivity contribution in [3.8, 4) is 0 Å². The first kappa shape index (κ1) is 34.8. The molecule has 4 heterocycles. The van der Waals surface area contributed by atoms with Crippen molar-refractivity contribution < 1.29 is 14.3 Å². The molecule has 2 aromatic heterocycles. The third kappa shape index (κ3) is 8.49. The van der Waals surface area contributed by atoms with E-state index in [0.29, 0.717) is 26.2 Å². The number of aromatic nitrogens is 3. The van der Waals surface area contributed by atoms with Gasteiger partial charge >= 0.3 is 6.03 Å². The maximum Gasteiger partial charge on any atom is 0.322 e. The highest BCUT2D eigenvalue weighted by atomic mass is 28.3. The summed E-state index contributed by atoms with van der Waals surface area (Å²) >= 11 is 0. The maximum atomic E-state index is 13.7. The van der Waals surface area contributed by atoms with E-state index in [4.69, 9.17) is 14.8 Å². The summed E-state index contributed by atoms with van der Waals surface area (Å²) in [6.45, 7) is 12.8. The topological polar surface area (TPSA) is 105 Å². The lowest BCUT2D eigenvalue weighted by atomic mass is 9.98. The zero-order valence-corrected chi connectivity index (χ0v) is 31.2. The number of nitrogens with one attached hydrogen (secondary N) is 2. The summed E-state index contributed by atoms with van der Waals surface area (Å²) in [5.74, 6) is -0.0286. The Labute approximate surface area is 301 Å². The summed E-state index contributed by atoms with van der Waals surface area (Å²) in [6, 6.07) is 25.4. The van der Waals surface area contributed by atoms with E-state index in [9.17, 15) is 9.59 Å². The minimum absolute atomic E-state index is 0.0286. The fourth-order valence-electron chi connectivity index (χ4n) is 7.25. The molecule has 11 heteroatoms. The van der Waals surface area contributed by atoms with Crippen LogP contribution in [-0.4, -0.2) is 76.9 Å². The Balaban J connectivity index is 1.02. The summed E-state index contributed by atoms with van der Waals surface area (Å²) in [5.41, 5.74) is 6.94. The molecule has 0 spiro atoms. The number of likely N-dealkylation sites (tertiary alicyclic amines) is 1. The van der Waals surface area contributed by atoms with Gasteiger partial charge in [-0.2, -0.15) is 5.10 Å². The second-order valence-electron chi connectivity index (χ2n) is 15.3. The Kier molecular flexibility index (Phi) is 10.2. The average Bonchev–Trinajstić information content (AvgIpc) is 3.53. The van der Waals surface area contributed by atoms with Crippen molar-refractivity contribution in [2.45, 2.75) is 77.2 Å². The number of urea groups is 1. The molecule has 1 saturated heterocycles. The lowest BCUT2D eigenvalue weighted by Gasteiger charge is -2.40. The molecule has 1 unspecified atom stereocenters. The van der Waals surface area contributed by atoms with Crippen LogP contribution in [0, 0.1) is 6.92 Å². The number of rotatable bonds is 12. The van der Waals surface area contributed by atoms with Gasteiger partial charge in [0.2, 0.25) is 5.91 Å². The van der Waals surface area contributed by atoms with Gasteiger partial charge in [-0.15, -0.1) is 0 Å². The predicted octanol–water partition coefficient (Wildman–Crippen LogP) is 7.12. The van der Waals surface area contributed by atoms with Gasteiger partial charge in [-0.25, -0.2) is 9.48 Å². The van der Waals surface area contributed by atoms with Crippen LogP contribution in [0.2, 0.25) is 25.7 Å². The third-order valence-electron chi connectivity index (χ3n) is 10.1. The minimum atomic E-state index is -1.16. The van der Waals surface area contributed by atoms with E-state index in [2.05, 4.69) is 78.6 Å². The standard InChI is InChI=1S/C40H49N7O3Si/c1-28-21-29(22-32-24-46(44-39(28)32)27-50-19-20-51(2,3)4)23-37(36-14-13-30-9-5-7-11-34(30)41-36)42-38(48)26-45-17-15-33(16-18-45)47-25-31-10-6-8-12-35(31)43-40(47)49/h5-14,21-22,24,33,37H,15-20,23,25-27H2,1-4H3,(H,42,48)(H,43,49). The lowest BCUT2D eigenvalue weighted by Crippen LogP contribution is -2.51. The van der Waals surface area contributed by atoms with Crippen LogP contribution >= 0.6 is 0 Å². The number of fused-ring (bicyclic) bond motifs is 3. The van der Waals surface area contributed by atoms with Crippen LogP contribution in [0.1, 0.15) is 41.3 Å². The molecule has 7 rings (SSSR count). The lowest BCUT2D eigenvalue weighted by molar-refractivity contribution is -0.123. The molecule has 0 bridgehead atoms. The fraction of sp³-hybridized carbons (Fsp3) is 0.400. The van der Waals surface area contributed by atoms with E-state index in [1.165, 1.54) is 0 Å². The number of anilines is 1. The normalized spacial score (nSPS) is 16.3. The van der Waals surface area contributed by atoms with Gasteiger partial charge in [0.15, 0.2) is 0 Å². The molecule has 51 heavy (non-hydrogen) atoms. The minimum Gasteiger partial charge on any atom is -0.360 e. The molecule has 0 aliphatic carbocycles. The maximum absolute atomic E-state index is 13.7. The quantitative estimate of drug-likeness (QED) is 0.106. The highest BCUT2D eigenvalue weighted by molar-refractivity contribution is 6.76. The summed E-state index contributed by atoms with van der Waals surface area (Å²) in [6.07, 6.45) is 4.31. The molecule has 1 atom stereocenters. The number of nitrogens with zero attached hydrogens (tertiary/aromatic N) is 5. The first-order valence-corrected chi connectivity index (χ1v) is 21.9. The van der Waals surface area contributed by atoms with Crippen LogP contribution in [0.25, 0.3) is 21.8 Å². The number of ether oxygens (including phenoxy) is 1. The van der Waals surface area contributed by atoms with Crippen molar-refractivity contribution >= 4 is 47.5 Å². The Hall–Kier alpha value is -4.58. The SMILES string of the molecule is Cc1cc(CC(NC(=O)CN2CCC(N3Cc4ccccc4NC3=O)CC2)c2ccc3ccccc3n2)cc2cn(COCC[Si](C)(C)C)nc12. The van der Waals surface area contributed by atoms with Crippen molar-refractivity contribution in [3.63, 3.8) is 0 Å². The van der Waals surface area contributed by atoms with Gasteiger partial charge in [0.05, 0.1) is 29.3 Å². The molecular weight excluding hydrogens is 655 g/mol. The van der Waals surface area contributed by atoms with E-state index >= 15 is 0 Å². The van der Waals surface area contributed by atoms with Crippen molar-refractivity contribution in [3.05, 3.63) is 101 Å². The number of carbonyl (C=O) groups excluding carboxylic acids is 2. The monoisotopic (exact) mass is 703 g/mol. The fourth-order valence-corrected chi connectivity index (χ4v) is 8.00. The molecule has 5 aromatic rings. The molecule has 1 fully saturated rings. The number of aryl methyl sites for hydroxylation is 1. The number of benzene rings is 3. The van der Waals surface area contributed by atoms with Crippen LogP contribution in [0.15, 0.2) is 79.0 Å². The van der Waals surface area contributed by atoms with Gasteiger partial charge in [-0.05, 0) is 73.2 Å². The van der Waals surface area contributed by atoms with Crippen LogP contribution < -0.4 is 10.6 Å². The molecule has 0 saturated carbocycles. The predicted molar refractivity (Wildman–Crippen MR) is 205 cm³/mol. The molecule has 2 aliphatic rings. The molecule has 3 amide bonds. The first-order chi connectivity index (χ1) is 24.6. The number of carbonyl (C=O) groups is 2.